The van der Waals surface area contributed by atoms with Crippen LogP contribution in [0.5, 0.6) is 0 Å². The average molecular weight is 535 g/mol. The summed E-state index contributed by atoms with van der Waals surface area (Å²) in [6, 6.07) is 13.4. The molecule has 1 fully saturated rings. The van der Waals surface area contributed by atoms with E-state index in [9.17, 15) is 14.4 Å². The molecule has 1 aromatic heterocycles. The van der Waals surface area contributed by atoms with Gasteiger partial charge < -0.3 is 32.3 Å². The molecular weight excluding hydrogens is 504 g/mol. The molecule has 0 bridgehead atoms. The summed E-state index contributed by atoms with van der Waals surface area (Å²) in [5.74, 6) is -2.58. The van der Waals surface area contributed by atoms with Crippen molar-refractivity contribution in [2.24, 2.45) is 5.92 Å². The lowest BCUT2D eigenvalue weighted by Gasteiger charge is -2.38. The number of carbonyl (C=O) groups is 3. The Morgan fingerprint density at radius 2 is 1.81 bits per heavy atom. The van der Waals surface area contributed by atoms with Gasteiger partial charge in [0.05, 0.1) is 18.1 Å². The molecule has 2 aromatic rings. The quantitative estimate of drug-likeness (QED) is 0.321. The van der Waals surface area contributed by atoms with Crippen molar-refractivity contribution in [1.29, 1.82) is 0 Å². The molecule has 3 rings (SSSR count). The fourth-order valence-electron chi connectivity index (χ4n) is 4.23. The first-order valence-corrected chi connectivity index (χ1v) is 11.7. The van der Waals surface area contributed by atoms with E-state index >= 15 is 0 Å². The minimum Gasteiger partial charge on any atom is -1.00 e. The van der Waals surface area contributed by atoms with E-state index < -0.39 is 30.4 Å². The number of halogens is 1. The molecular formula is C26H31ClN2O8. The van der Waals surface area contributed by atoms with Crippen molar-refractivity contribution in [3.05, 3.63) is 66.0 Å². The van der Waals surface area contributed by atoms with Crippen LogP contribution in [-0.2, 0) is 25.9 Å². The van der Waals surface area contributed by atoms with Gasteiger partial charge in [-0.1, -0.05) is 37.3 Å². The Balaban J connectivity index is 0.00000163. The third-order valence-corrected chi connectivity index (χ3v) is 6.20. The predicted molar refractivity (Wildman–Crippen MR) is 124 cm³/mol. The molecule has 0 spiro atoms. The molecule has 2 N–H and O–H groups in total. The number of aromatic nitrogens is 1. The first-order valence-electron chi connectivity index (χ1n) is 11.7. The van der Waals surface area contributed by atoms with Crippen molar-refractivity contribution in [2.45, 2.75) is 51.3 Å². The number of carbonyl (C=O) groups excluding carboxylic acids is 4. The first kappa shape index (κ1) is 31.4. The van der Waals surface area contributed by atoms with E-state index in [4.69, 9.17) is 24.5 Å². The van der Waals surface area contributed by atoms with Crippen LogP contribution in [0.2, 0.25) is 0 Å². The Morgan fingerprint density at radius 1 is 1.14 bits per heavy atom. The number of amides is 1. The average Bonchev–Trinajstić information content (AvgIpc) is 2.90. The third kappa shape index (κ3) is 9.42. The second kappa shape index (κ2) is 16.2. The molecule has 0 aliphatic carbocycles. The number of aliphatic hydroxyl groups excluding tert-OH is 1. The highest BCUT2D eigenvalue weighted by Gasteiger charge is 2.33. The van der Waals surface area contributed by atoms with Crippen LogP contribution in [0.1, 0.15) is 54.4 Å². The number of carboxylic acid groups (broad SMARTS) is 1. The van der Waals surface area contributed by atoms with Crippen LogP contribution in [0, 0.1) is 5.92 Å². The van der Waals surface area contributed by atoms with Crippen molar-refractivity contribution < 1.29 is 55.9 Å². The van der Waals surface area contributed by atoms with Crippen molar-refractivity contribution in [2.75, 3.05) is 13.2 Å². The van der Waals surface area contributed by atoms with Gasteiger partial charge in [0.15, 0.2) is 18.2 Å². The van der Waals surface area contributed by atoms with Crippen LogP contribution in [-0.4, -0.2) is 58.3 Å². The molecule has 10 nitrogen and oxygen atoms in total. The standard InChI is InChI=1S/C25H30N2O6.CO2.ClH/c1-18(19-8-3-2-4-9-19)22-11-5-6-13-27(22)25(32)33-17-26-12-7-10-20(15-26)23(29)14-21(16-28)24(30)31;2-1-3;/h2-4,7-10,12,15,18,21-22,28H,5-6,11,13-14,16-17H2,1H3;;1H/t18-,21+,22?;;/m1../s1. The summed E-state index contributed by atoms with van der Waals surface area (Å²) in [7, 11) is 0. The Labute approximate surface area is 221 Å². The molecule has 11 heteroatoms. The van der Waals surface area contributed by atoms with Crippen molar-refractivity contribution >= 4 is 24.0 Å². The highest BCUT2D eigenvalue weighted by Crippen LogP contribution is 2.30. The number of ketones is 1. The Bertz CT molecular complexity index is 1060. The molecule has 1 aliphatic heterocycles. The fourth-order valence-corrected chi connectivity index (χ4v) is 4.23. The smallest absolute Gasteiger partial charge is 0.414 e. The van der Waals surface area contributed by atoms with Gasteiger partial charge in [0, 0.05) is 31.0 Å². The van der Waals surface area contributed by atoms with Gasteiger partial charge >= 0.3 is 18.2 Å². The van der Waals surface area contributed by atoms with Crippen LogP contribution < -0.4 is 17.0 Å². The number of hydrogen-bond acceptors (Lipinski definition) is 7. The summed E-state index contributed by atoms with van der Waals surface area (Å²) >= 11 is 0. The van der Waals surface area contributed by atoms with Gasteiger partial charge in [0.1, 0.15) is 0 Å². The molecule has 1 amide bonds. The van der Waals surface area contributed by atoms with Gasteiger partial charge in [0.25, 0.3) is 6.73 Å². The van der Waals surface area contributed by atoms with E-state index in [0.717, 1.165) is 19.3 Å². The minimum absolute atomic E-state index is 0. The van der Waals surface area contributed by atoms with Crippen LogP contribution in [0.25, 0.3) is 0 Å². The van der Waals surface area contributed by atoms with E-state index in [0.29, 0.717) is 12.1 Å². The maximum Gasteiger partial charge on any atom is 0.414 e. The largest absolute Gasteiger partial charge is 1.00 e. The predicted octanol–water partition coefficient (Wildman–Crippen LogP) is -0.587. The monoisotopic (exact) mass is 534 g/mol. The zero-order chi connectivity index (χ0) is 26.5. The van der Waals surface area contributed by atoms with E-state index in [1.165, 1.54) is 11.8 Å². The maximum absolute atomic E-state index is 12.9. The topological polar surface area (TPSA) is 142 Å². The number of aliphatic carboxylic acids is 1. The lowest BCUT2D eigenvalue weighted by atomic mass is 9.87. The summed E-state index contributed by atoms with van der Waals surface area (Å²) in [4.78, 5) is 54.5. The van der Waals surface area contributed by atoms with Gasteiger partial charge in [-0.15, -0.1) is 0 Å². The lowest BCUT2D eigenvalue weighted by molar-refractivity contribution is -0.727. The number of hydrogen-bond donors (Lipinski definition) is 2. The number of benzene rings is 1. The number of Topliss-reactive ketones (excluding diaryl/α,β-unsaturated/α-hetero) is 1. The number of ether oxygens (including phenoxy) is 1. The normalized spacial score (nSPS) is 16.1. The number of pyridine rings is 1. The van der Waals surface area contributed by atoms with Crippen LogP contribution in [0.4, 0.5) is 4.79 Å². The number of aliphatic hydroxyl groups is 1. The van der Waals surface area contributed by atoms with E-state index in [1.54, 1.807) is 27.8 Å². The summed E-state index contributed by atoms with van der Waals surface area (Å²) in [6.07, 6.45) is 5.66. The van der Waals surface area contributed by atoms with Crippen LogP contribution in [0.15, 0.2) is 54.9 Å². The number of nitrogens with zero attached hydrogens (tertiary/aromatic N) is 2. The molecule has 1 unspecified atom stereocenters. The fraction of sp³-hybridized carbons (Fsp3) is 0.423. The van der Waals surface area contributed by atoms with Gasteiger partial charge in [-0.25, -0.2) is 4.79 Å². The van der Waals surface area contributed by atoms with Gasteiger partial charge in [0.2, 0.25) is 0 Å². The van der Waals surface area contributed by atoms with E-state index in [2.05, 4.69) is 19.1 Å². The number of carboxylic acids is 1. The highest BCUT2D eigenvalue weighted by molar-refractivity contribution is 5.97. The summed E-state index contributed by atoms with van der Waals surface area (Å²) in [6.45, 7) is 2.10. The number of piperidine rings is 1. The molecule has 3 atom stereocenters. The van der Waals surface area contributed by atoms with Gasteiger partial charge in [-0.05, 0) is 30.9 Å². The second-order valence-electron chi connectivity index (χ2n) is 8.53. The van der Waals surface area contributed by atoms with Crippen molar-refractivity contribution in [1.82, 2.24) is 4.90 Å². The molecule has 2 heterocycles. The molecule has 0 radical (unpaired) electrons. The molecule has 1 aliphatic rings. The second-order valence-corrected chi connectivity index (χ2v) is 8.53. The van der Waals surface area contributed by atoms with E-state index in [1.807, 2.05) is 18.2 Å². The third-order valence-electron chi connectivity index (χ3n) is 6.20. The number of likely N-dealkylation sites (tertiary alicyclic amines) is 1. The van der Waals surface area contributed by atoms with Crippen LogP contribution in [0.3, 0.4) is 0 Å². The minimum atomic E-state index is -1.22. The Morgan fingerprint density at radius 3 is 2.43 bits per heavy atom. The lowest BCUT2D eigenvalue weighted by Crippen LogP contribution is -3.00. The van der Waals surface area contributed by atoms with Crippen molar-refractivity contribution in [3.63, 3.8) is 0 Å². The first-order chi connectivity index (χ1) is 17.3. The molecule has 200 valence electrons. The van der Waals surface area contributed by atoms with Crippen molar-refractivity contribution in [3.8, 4) is 0 Å². The number of rotatable bonds is 9. The summed E-state index contributed by atoms with van der Waals surface area (Å²) in [5, 5.41) is 18.2. The molecule has 1 saturated heterocycles. The molecule has 0 saturated carbocycles. The zero-order valence-corrected chi connectivity index (χ0v) is 21.3. The Hall–Kier alpha value is -3.59. The summed E-state index contributed by atoms with van der Waals surface area (Å²) in [5.41, 5.74) is 1.48. The Kier molecular flexibility index (Phi) is 13.8. The zero-order valence-electron chi connectivity index (χ0n) is 20.5. The maximum atomic E-state index is 12.9. The molecule has 37 heavy (non-hydrogen) atoms. The highest BCUT2D eigenvalue weighted by atomic mass is 35.5. The van der Waals surface area contributed by atoms with Crippen LogP contribution >= 0.6 is 0 Å². The van der Waals surface area contributed by atoms with E-state index in [-0.39, 0.29) is 43.7 Å². The summed E-state index contributed by atoms with van der Waals surface area (Å²) < 4.78 is 7.13. The van der Waals surface area contributed by atoms with Gasteiger partial charge in [-0.3, -0.25) is 9.59 Å². The SMILES string of the molecule is C[C@H](c1ccccc1)C1CCCCN1C(=O)OC[n+]1cccc(C(=O)C[C@@H](CO)C(=O)O)c1.O=C=O.[Cl-]. The molecule has 1 aromatic carbocycles. The van der Waals surface area contributed by atoms with Gasteiger partial charge in [-0.2, -0.15) is 14.2 Å².